The SMILES string of the molecule is C/C(F)=C(\C)C(=O)N(C)F. The van der Waals surface area contributed by atoms with Crippen molar-refractivity contribution < 1.29 is 13.7 Å². The third kappa shape index (κ3) is 2.13. The average Bonchev–Trinajstić information content (AvgIpc) is 1.84. The number of carbonyl (C=O) groups excluding carboxylic acids is 1. The number of halogens is 2. The van der Waals surface area contributed by atoms with Crippen LogP contribution in [-0.4, -0.2) is 18.1 Å². The Hall–Kier alpha value is -0.930. The summed E-state index contributed by atoms with van der Waals surface area (Å²) in [5.74, 6) is -1.60. The van der Waals surface area contributed by atoms with Crippen LogP contribution in [0.15, 0.2) is 11.4 Å². The van der Waals surface area contributed by atoms with Gasteiger partial charge in [-0.3, -0.25) is 4.79 Å². The summed E-state index contributed by atoms with van der Waals surface area (Å²) in [6, 6.07) is 0. The number of hydrogen-bond donors (Lipinski definition) is 0. The first-order valence-corrected chi connectivity index (χ1v) is 2.73. The Morgan fingerprint density at radius 3 is 1.90 bits per heavy atom. The number of rotatable bonds is 1. The Labute approximate surface area is 58.1 Å². The van der Waals surface area contributed by atoms with E-state index in [1.165, 1.54) is 6.92 Å². The minimum Gasteiger partial charge on any atom is -0.267 e. The lowest BCUT2D eigenvalue weighted by Gasteiger charge is -2.04. The van der Waals surface area contributed by atoms with Gasteiger partial charge in [0.1, 0.15) is 5.83 Å². The van der Waals surface area contributed by atoms with Gasteiger partial charge in [0.15, 0.2) is 0 Å². The number of carbonyl (C=O) groups is 1. The van der Waals surface area contributed by atoms with Crippen molar-refractivity contribution in [1.29, 1.82) is 0 Å². The Morgan fingerprint density at radius 2 is 1.80 bits per heavy atom. The van der Waals surface area contributed by atoms with Crippen LogP contribution in [0.5, 0.6) is 0 Å². The van der Waals surface area contributed by atoms with Crippen LogP contribution in [0.1, 0.15) is 13.8 Å². The number of hydrogen-bond acceptors (Lipinski definition) is 1. The van der Waals surface area contributed by atoms with Crippen LogP contribution in [-0.2, 0) is 4.79 Å². The standard InChI is InChI=1S/C6H9F2NO/c1-4(5(2)7)6(10)9(3)8/h1-3H3/b5-4-. The Balaban J connectivity index is 4.38. The highest BCUT2D eigenvalue weighted by atomic mass is 19.2. The number of nitrogens with zero attached hydrogens (tertiary/aromatic N) is 1. The molecule has 0 aromatic rings. The summed E-state index contributed by atoms with van der Waals surface area (Å²) in [7, 11) is 0.925. The third-order valence-electron chi connectivity index (χ3n) is 1.12. The van der Waals surface area contributed by atoms with Crippen LogP contribution in [0, 0.1) is 0 Å². The molecule has 0 bridgehead atoms. The first-order chi connectivity index (χ1) is 4.46. The highest BCUT2D eigenvalue weighted by Crippen LogP contribution is 2.07. The van der Waals surface area contributed by atoms with Gasteiger partial charge >= 0.3 is 0 Å². The Bertz CT molecular complexity index is 171. The maximum Gasteiger partial charge on any atom is 0.279 e. The van der Waals surface area contributed by atoms with Crippen molar-refractivity contribution in [3.63, 3.8) is 0 Å². The second kappa shape index (κ2) is 3.29. The summed E-state index contributed by atoms with van der Waals surface area (Å²) < 4.78 is 24.2. The van der Waals surface area contributed by atoms with Gasteiger partial charge in [0, 0.05) is 12.6 Å². The molecule has 0 N–H and O–H groups in total. The molecule has 4 heteroatoms. The molecule has 0 heterocycles. The van der Waals surface area contributed by atoms with Crippen molar-refractivity contribution in [3.05, 3.63) is 11.4 Å². The van der Waals surface area contributed by atoms with Crippen LogP contribution < -0.4 is 0 Å². The Morgan fingerprint density at radius 1 is 1.40 bits per heavy atom. The van der Waals surface area contributed by atoms with Gasteiger partial charge in [-0.25, -0.2) is 4.39 Å². The highest BCUT2D eigenvalue weighted by molar-refractivity contribution is 5.92. The van der Waals surface area contributed by atoms with E-state index in [-0.39, 0.29) is 10.7 Å². The van der Waals surface area contributed by atoms with Crippen LogP contribution in [0.2, 0.25) is 0 Å². The van der Waals surface area contributed by atoms with Gasteiger partial charge in [-0.15, -0.1) is 0 Å². The largest absolute Gasteiger partial charge is 0.279 e. The van der Waals surface area contributed by atoms with Crippen LogP contribution in [0.25, 0.3) is 0 Å². The maximum absolute atomic E-state index is 12.2. The van der Waals surface area contributed by atoms with Crippen LogP contribution in [0.3, 0.4) is 0 Å². The second-order valence-corrected chi connectivity index (χ2v) is 1.94. The number of amides is 1. The lowest BCUT2D eigenvalue weighted by molar-refractivity contribution is -0.138. The zero-order valence-electron chi connectivity index (χ0n) is 6.11. The molecule has 0 aromatic carbocycles. The summed E-state index contributed by atoms with van der Waals surface area (Å²) in [5.41, 5.74) is -0.204. The van der Waals surface area contributed by atoms with Crippen molar-refractivity contribution in [2.24, 2.45) is 0 Å². The summed E-state index contributed by atoms with van der Waals surface area (Å²) in [5, 5.41) is -0.154. The van der Waals surface area contributed by atoms with E-state index >= 15 is 0 Å². The van der Waals surface area contributed by atoms with Gasteiger partial charge in [-0.1, -0.05) is 4.48 Å². The molecule has 0 saturated carbocycles. The lowest BCUT2D eigenvalue weighted by Crippen LogP contribution is -2.18. The molecule has 0 atom stereocenters. The fourth-order valence-electron chi connectivity index (χ4n) is 0.378. The van der Waals surface area contributed by atoms with Gasteiger partial charge < -0.3 is 0 Å². The van der Waals surface area contributed by atoms with Crippen molar-refractivity contribution >= 4 is 5.91 Å². The second-order valence-electron chi connectivity index (χ2n) is 1.94. The van der Waals surface area contributed by atoms with E-state index in [4.69, 9.17) is 0 Å². The molecule has 0 aliphatic rings. The average molecular weight is 149 g/mol. The summed E-state index contributed by atoms with van der Waals surface area (Å²) in [6.07, 6.45) is 0. The topological polar surface area (TPSA) is 20.3 Å². The van der Waals surface area contributed by atoms with E-state index in [1.54, 1.807) is 0 Å². The highest BCUT2D eigenvalue weighted by Gasteiger charge is 2.11. The van der Waals surface area contributed by atoms with Gasteiger partial charge in [-0.05, 0) is 13.8 Å². The van der Waals surface area contributed by atoms with Crippen molar-refractivity contribution in [2.75, 3.05) is 7.05 Å². The van der Waals surface area contributed by atoms with E-state index in [0.717, 1.165) is 14.0 Å². The molecule has 1 amide bonds. The monoisotopic (exact) mass is 149 g/mol. The minimum atomic E-state index is -0.944. The molecule has 0 saturated heterocycles. The molecule has 0 unspecified atom stereocenters. The van der Waals surface area contributed by atoms with E-state index in [2.05, 4.69) is 0 Å². The normalized spacial score (nSPS) is 12.5. The molecule has 0 aromatic heterocycles. The van der Waals surface area contributed by atoms with Crippen molar-refractivity contribution in [1.82, 2.24) is 5.12 Å². The molecular formula is C6H9F2NO. The van der Waals surface area contributed by atoms with Gasteiger partial charge in [0.25, 0.3) is 5.91 Å². The first kappa shape index (κ1) is 9.07. The lowest BCUT2D eigenvalue weighted by atomic mass is 10.2. The molecule has 0 radical (unpaired) electrons. The molecule has 0 aliphatic carbocycles. The van der Waals surface area contributed by atoms with Crippen LogP contribution in [0.4, 0.5) is 8.87 Å². The van der Waals surface area contributed by atoms with Gasteiger partial charge in [0.2, 0.25) is 0 Å². The molecule has 0 fully saturated rings. The van der Waals surface area contributed by atoms with Crippen molar-refractivity contribution in [2.45, 2.75) is 13.8 Å². The molecule has 58 valence electrons. The van der Waals surface area contributed by atoms with E-state index in [9.17, 15) is 13.7 Å². The molecule has 0 spiro atoms. The van der Waals surface area contributed by atoms with Gasteiger partial charge in [-0.2, -0.15) is 5.12 Å². The third-order valence-corrected chi connectivity index (χ3v) is 1.12. The van der Waals surface area contributed by atoms with Crippen LogP contribution >= 0.6 is 0 Å². The van der Waals surface area contributed by atoms with E-state index in [1.807, 2.05) is 0 Å². The zero-order valence-corrected chi connectivity index (χ0v) is 6.11. The van der Waals surface area contributed by atoms with Gasteiger partial charge in [0.05, 0.1) is 0 Å². The summed E-state index contributed by atoms with van der Waals surface area (Å²) >= 11 is 0. The van der Waals surface area contributed by atoms with E-state index < -0.39 is 11.7 Å². The zero-order chi connectivity index (χ0) is 8.31. The quantitative estimate of drug-likeness (QED) is 0.409. The summed E-state index contributed by atoms with van der Waals surface area (Å²) in [6.45, 7) is 2.34. The minimum absolute atomic E-state index is 0.154. The fourth-order valence-corrected chi connectivity index (χ4v) is 0.378. The Kier molecular flexibility index (Phi) is 2.99. The summed E-state index contributed by atoms with van der Waals surface area (Å²) in [4.78, 5) is 10.5. The predicted octanol–water partition coefficient (Wildman–Crippen LogP) is 1.59. The van der Waals surface area contributed by atoms with Crippen molar-refractivity contribution in [3.8, 4) is 0 Å². The molecule has 0 rings (SSSR count). The number of allylic oxidation sites excluding steroid dienone is 1. The number of likely N-dealkylation sites (N-methyl/N-ethyl adjacent to an activating group) is 1. The predicted molar refractivity (Wildman–Crippen MR) is 33.4 cm³/mol. The fraction of sp³-hybridized carbons (Fsp3) is 0.500. The molecular weight excluding hydrogens is 140 g/mol. The molecule has 10 heavy (non-hydrogen) atoms. The van der Waals surface area contributed by atoms with E-state index in [0.29, 0.717) is 0 Å². The smallest absolute Gasteiger partial charge is 0.267 e. The molecule has 0 aliphatic heterocycles. The maximum atomic E-state index is 12.2. The molecule has 2 nitrogen and oxygen atoms in total. The first-order valence-electron chi connectivity index (χ1n) is 2.73.